The van der Waals surface area contributed by atoms with Gasteiger partial charge in [-0.25, -0.2) is 4.98 Å². The van der Waals surface area contributed by atoms with Crippen LogP contribution in [-0.4, -0.2) is 42.6 Å². The van der Waals surface area contributed by atoms with Crippen molar-refractivity contribution in [3.8, 4) is 0 Å². The zero-order valence-corrected chi connectivity index (χ0v) is 13.1. The number of carbonyl (C=O) groups excluding carboxylic acids is 1. The molecule has 1 unspecified atom stereocenters. The SMILES string of the molecule is COCC1CCN(C(=O)c2sc3nccc(C)c3c2N)C1. The molecular weight excluding hydrogens is 286 g/mol. The van der Waals surface area contributed by atoms with Crippen molar-refractivity contribution < 1.29 is 9.53 Å². The molecule has 1 fully saturated rings. The minimum absolute atomic E-state index is 0.0218. The van der Waals surface area contributed by atoms with Crippen molar-refractivity contribution in [2.75, 3.05) is 32.5 Å². The topological polar surface area (TPSA) is 68.5 Å². The van der Waals surface area contributed by atoms with Gasteiger partial charge in [-0.1, -0.05) is 0 Å². The maximum Gasteiger partial charge on any atom is 0.266 e. The highest BCUT2D eigenvalue weighted by molar-refractivity contribution is 7.21. The third-order valence-electron chi connectivity index (χ3n) is 4.01. The molecule has 112 valence electrons. The van der Waals surface area contributed by atoms with E-state index < -0.39 is 0 Å². The van der Waals surface area contributed by atoms with Gasteiger partial charge in [-0.2, -0.15) is 0 Å². The number of anilines is 1. The molecule has 0 aromatic carbocycles. The summed E-state index contributed by atoms with van der Waals surface area (Å²) < 4.78 is 5.18. The van der Waals surface area contributed by atoms with Gasteiger partial charge < -0.3 is 15.4 Å². The van der Waals surface area contributed by atoms with Gasteiger partial charge in [-0.15, -0.1) is 11.3 Å². The number of ether oxygens (including phenoxy) is 1. The number of aromatic nitrogens is 1. The van der Waals surface area contributed by atoms with Gasteiger partial charge in [-0.05, 0) is 25.0 Å². The number of nitrogen functional groups attached to an aromatic ring is 1. The zero-order valence-electron chi connectivity index (χ0n) is 12.3. The molecule has 1 amide bonds. The van der Waals surface area contributed by atoms with Crippen LogP contribution in [-0.2, 0) is 4.74 Å². The van der Waals surface area contributed by atoms with Gasteiger partial charge >= 0.3 is 0 Å². The molecule has 21 heavy (non-hydrogen) atoms. The zero-order chi connectivity index (χ0) is 15.0. The van der Waals surface area contributed by atoms with E-state index in [2.05, 4.69) is 4.98 Å². The molecule has 2 aromatic heterocycles. The van der Waals surface area contributed by atoms with Crippen molar-refractivity contribution in [2.24, 2.45) is 5.92 Å². The number of thiophene rings is 1. The van der Waals surface area contributed by atoms with Crippen LogP contribution in [0, 0.1) is 12.8 Å². The Bertz CT molecular complexity index is 683. The lowest BCUT2D eigenvalue weighted by Gasteiger charge is -2.15. The number of hydrogen-bond donors (Lipinski definition) is 1. The molecule has 2 aromatic rings. The van der Waals surface area contributed by atoms with Crippen LogP contribution < -0.4 is 5.73 Å². The summed E-state index contributed by atoms with van der Waals surface area (Å²) in [6, 6.07) is 1.92. The Kier molecular flexibility index (Phi) is 3.82. The lowest BCUT2D eigenvalue weighted by molar-refractivity contribution is 0.0781. The Morgan fingerprint density at radius 2 is 2.43 bits per heavy atom. The van der Waals surface area contributed by atoms with Gasteiger partial charge in [0, 0.05) is 37.7 Å². The lowest BCUT2D eigenvalue weighted by atomic mass is 10.1. The van der Waals surface area contributed by atoms with Gasteiger partial charge in [0.2, 0.25) is 0 Å². The number of hydrogen-bond acceptors (Lipinski definition) is 5. The predicted octanol–water partition coefficient (Wildman–Crippen LogP) is 2.30. The smallest absolute Gasteiger partial charge is 0.266 e. The molecule has 3 rings (SSSR count). The number of pyridine rings is 1. The molecule has 3 heterocycles. The number of aryl methyl sites for hydroxylation is 1. The largest absolute Gasteiger partial charge is 0.397 e. The first-order valence-electron chi connectivity index (χ1n) is 7.03. The van der Waals surface area contributed by atoms with E-state index in [1.54, 1.807) is 13.3 Å². The number of carbonyl (C=O) groups is 1. The Morgan fingerprint density at radius 1 is 1.62 bits per heavy atom. The van der Waals surface area contributed by atoms with E-state index in [1.807, 2.05) is 17.9 Å². The Morgan fingerprint density at radius 3 is 3.14 bits per heavy atom. The maximum atomic E-state index is 12.7. The molecule has 1 saturated heterocycles. The van der Waals surface area contributed by atoms with E-state index in [9.17, 15) is 4.79 Å². The van der Waals surface area contributed by atoms with Gasteiger partial charge in [0.15, 0.2) is 0 Å². The van der Waals surface area contributed by atoms with Crippen molar-refractivity contribution in [3.63, 3.8) is 0 Å². The van der Waals surface area contributed by atoms with Crippen LogP contribution in [0.3, 0.4) is 0 Å². The summed E-state index contributed by atoms with van der Waals surface area (Å²) in [5, 5.41) is 0.915. The average Bonchev–Trinajstić information content (AvgIpc) is 3.05. The second-order valence-electron chi connectivity index (χ2n) is 5.51. The summed E-state index contributed by atoms with van der Waals surface area (Å²) in [6.07, 6.45) is 2.74. The summed E-state index contributed by atoms with van der Waals surface area (Å²) in [4.78, 5) is 20.3. The van der Waals surface area contributed by atoms with Gasteiger partial charge in [0.05, 0.1) is 12.3 Å². The van der Waals surface area contributed by atoms with E-state index in [0.29, 0.717) is 23.1 Å². The molecular formula is C15H19N3O2S. The number of rotatable bonds is 3. The van der Waals surface area contributed by atoms with E-state index in [1.165, 1.54) is 11.3 Å². The minimum atomic E-state index is 0.0218. The minimum Gasteiger partial charge on any atom is -0.397 e. The van der Waals surface area contributed by atoms with Gasteiger partial charge in [-0.3, -0.25) is 4.79 Å². The van der Waals surface area contributed by atoms with Crippen LogP contribution in [0.15, 0.2) is 12.3 Å². The third kappa shape index (κ3) is 2.49. The molecule has 6 heteroatoms. The second-order valence-corrected chi connectivity index (χ2v) is 6.51. The van der Waals surface area contributed by atoms with E-state index in [-0.39, 0.29) is 5.91 Å². The first kappa shape index (κ1) is 14.3. The normalized spacial score (nSPS) is 18.6. The van der Waals surface area contributed by atoms with Crippen LogP contribution in [0.1, 0.15) is 21.7 Å². The van der Waals surface area contributed by atoms with Crippen molar-refractivity contribution >= 4 is 33.1 Å². The number of fused-ring (bicyclic) bond motifs is 1. The van der Waals surface area contributed by atoms with Crippen LogP contribution >= 0.6 is 11.3 Å². The molecule has 0 bridgehead atoms. The Hall–Kier alpha value is -1.66. The fourth-order valence-electron chi connectivity index (χ4n) is 2.89. The van der Waals surface area contributed by atoms with Crippen LogP contribution in [0.5, 0.6) is 0 Å². The second kappa shape index (κ2) is 5.61. The molecule has 5 nitrogen and oxygen atoms in total. The van der Waals surface area contributed by atoms with Crippen molar-refractivity contribution in [3.05, 3.63) is 22.7 Å². The number of methoxy groups -OCH3 is 1. The summed E-state index contributed by atoms with van der Waals surface area (Å²) in [5.74, 6) is 0.447. The highest BCUT2D eigenvalue weighted by Crippen LogP contribution is 2.35. The number of likely N-dealkylation sites (tertiary alicyclic amines) is 1. The van der Waals surface area contributed by atoms with E-state index in [0.717, 1.165) is 35.3 Å². The summed E-state index contributed by atoms with van der Waals surface area (Å²) in [6.45, 7) is 4.21. The van der Waals surface area contributed by atoms with Crippen molar-refractivity contribution in [1.29, 1.82) is 0 Å². The Labute approximate surface area is 127 Å². The van der Waals surface area contributed by atoms with Crippen molar-refractivity contribution in [1.82, 2.24) is 9.88 Å². The van der Waals surface area contributed by atoms with Crippen molar-refractivity contribution in [2.45, 2.75) is 13.3 Å². The lowest BCUT2D eigenvalue weighted by Crippen LogP contribution is -2.29. The third-order valence-corrected chi connectivity index (χ3v) is 5.11. The van der Waals surface area contributed by atoms with E-state index >= 15 is 0 Å². The standard InChI is InChI=1S/C15H19N3O2S/c1-9-3-5-17-14-11(9)12(16)13(21-14)15(19)18-6-4-10(7-18)8-20-2/h3,5,10H,4,6-8,16H2,1-2H3. The maximum absolute atomic E-state index is 12.7. The highest BCUT2D eigenvalue weighted by atomic mass is 32.1. The number of amides is 1. The first-order chi connectivity index (χ1) is 10.1. The van der Waals surface area contributed by atoms with E-state index in [4.69, 9.17) is 10.5 Å². The number of nitrogens with two attached hydrogens (primary N) is 1. The fourth-order valence-corrected chi connectivity index (χ4v) is 4.00. The molecule has 2 N–H and O–H groups in total. The molecule has 0 spiro atoms. The van der Waals surface area contributed by atoms with Gasteiger partial charge in [0.25, 0.3) is 5.91 Å². The quantitative estimate of drug-likeness (QED) is 0.944. The van der Waals surface area contributed by atoms with Crippen LogP contribution in [0.25, 0.3) is 10.2 Å². The monoisotopic (exact) mass is 305 g/mol. The molecule has 1 atom stereocenters. The Balaban J connectivity index is 1.89. The van der Waals surface area contributed by atoms with Crippen LogP contribution in [0.2, 0.25) is 0 Å². The summed E-state index contributed by atoms with van der Waals surface area (Å²) in [7, 11) is 1.70. The first-order valence-corrected chi connectivity index (χ1v) is 7.85. The number of nitrogens with zero attached hydrogens (tertiary/aromatic N) is 2. The molecule has 0 aliphatic carbocycles. The van der Waals surface area contributed by atoms with Crippen LogP contribution in [0.4, 0.5) is 5.69 Å². The predicted molar refractivity (Wildman–Crippen MR) is 84.7 cm³/mol. The fraction of sp³-hybridized carbons (Fsp3) is 0.467. The molecule has 0 saturated carbocycles. The molecule has 1 aliphatic heterocycles. The molecule has 0 radical (unpaired) electrons. The van der Waals surface area contributed by atoms with Gasteiger partial charge in [0.1, 0.15) is 9.71 Å². The average molecular weight is 305 g/mol. The summed E-state index contributed by atoms with van der Waals surface area (Å²) >= 11 is 1.39. The highest BCUT2D eigenvalue weighted by Gasteiger charge is 2.29. The summed E-state index contributed by atoms with van der Waals surface area (Å²) in [5.41, 5.74) is 7.83. The molecule has 1 aliphatic rings.